The molecular formula is C19H15F2N3O2. The molecule has 0 bridgehead atoms. The number of amides is 1. The molecule has 0 radical (unpaired) electrons. The van der Waals surface area contributed by atoms with Crippen LogP contribution in [-0.4, -0.2) is 10.9 Å². The standard InChI is InChI=1S/C19H15F2N3O2/c20-13-4-2-6-15(10-13)26-14-5-1-3-12(9-14)11-23-19(25)16-7-8-17(21)24-18(16)22/h1-10H,11H2,(H2,22,24)(H,23,25). The van der Waals surface area contributed by atoms with Crippen LogP contribution in [0.3, 0.4) is 0 Å². The fraction of sp³-hybridized carbons (Fsp3) is 0.0526. The summed E-state index contributed by atoms with van der Waals surface area (Å²) in [7, 11) is 0. The van der Waals surface area contributed by atoms with E-state index in [2.05, 4.69) is 10.3 Å². The SMILES string of the molecule is Nc1nc(F)ccc1C(=O)NCc1cccc(Oc2cccc(F)c2)c1. The summed E-state index contributed by atoms with van der Waals surface area (Å²) in [5.74, 6) is -0.906. The maximum Gasteiger partial charge on any atom is 0.255 e. The van der Waals surface area contributed by atoms with Gasteiger partial charge in [0, 0.05) is 12.6 Å². The minimum absolute atomic E-state index is 0.0959. The summed E-state index contributed by atoms with van der Waals surface area (Å²) < 4.78 is 31.8. The summed E-state index contributed by atoms with van der Waals surface area (Å²) in [4.78, 5) is 15.6. The zero-order valence-corrected chi connectivity index (χ0v) is 13.6. The Bertz CT molecular complexity index is 948. The lowest BCUT2D eigenvalue weighted by molar-refractivity contribution is 0.0951. The van der Waals surface area contributed by atoms with E-state index >= 15 is 0 Å². The number of ether oxygens (including phenoxy) is 1. The van der Waals surface area contributed by atoms with E-state index in [1.807, 2.05) is 0 Å². The molecule has 0 saturated heterocycles. The van der Waals surface area contributed by atoms with Crippen molar-refractivity contribution in [1.82, 2.24) is 10.3 Å². The Morgan fingerprint density at radius 3 is 2.50 bits per heavy atom. The Morgan fingerprint density at radius 2 is 1.77 bits per heavy atom. The fourth-order valence-electron chi connectivity index (χ4n) is 2.31. The van der Waals surface area contributed by atoms with E-state index in [4.69, 9.17) is 10.5 Å². The third kappa shape index (κ3) is 4.32. The summed E-state index contributed by atoms with van der Waals surface area (Å²) in [5, 5.41) is 2.68. The van der Waals surface area contributed by atoms with Crippen LogP contribution in [0.2, 0.25) is 0 Å². The van der Waals surface area contributed by atoms with Gasteiger partial charge in [0.1, 0.15) is 23.1 Å². The van der Waals surface area contributed by atoms with Crippen molar-refractivity contribution in [2.45, 2.75) is 6.54 Å². The maximum atomic E-state index is 13.2. The van der Waals surface area contributed by atoms with E-state index in [-0.39, 0.29) is 17.9 Å². The normalized spacial score (nSPS) is 10.4. The molecule has 0 saturated carbocycles. The highest BCUT2D eigenvalue weighted by molar-refractivity contribution is 5.98. The molecule has 1 aromatic heterocycles. The number of hydrogen-bond acceptors (Lipinski definition) is 4. The monoisotopic (exact) mass is 355 g/mol. The first-order valence-corrected chi connectivity index (χ1v) is 7.74. The van der Waals surface area contributed by atoms with Crippen LogP contribution in [0.5, 0.6) is 11.5 Å². The van der Waals surface area contributed by atoms with Gasteiger partial charge in [0.05, 0.1) is 5.56 Å². The van der Waals surface area contributed by atoms with Gasteiger partial charge in [-0.2, -0.15) is 4.39 Å². The molecule has 3 rings (SSSR count). The van der Waals surface area contributed by atoms with Gasteiger partial charge in [-0.05, 0) is 42.0 Å². The molecule has 0 fully saturated rings. The van der Waals surface area contributed by atoms with Crippen molar-refractivity contribution >= 4 is 11.7 Å². The zero-order chi connectivity index (χ0) is 18.5. The van der Waals surface area contributed by atoms with Crippen molar-refractivity contribution in [3.05, 3.63) is 83.6 Å². The van der Waals surface area contributed by atoms with Crippen LogP contribution in [0.4, 0.5) is 14.6 Å². The molecule has 0 aliphatic heterocycles. The highest BCUT2D eigenvalue weighted by atomic mass is 19.1. The molecule has 132 valence electrons. The van der Waals surface area contributed by atoms with Crippen LogP contribution >= 0.6 is 0 Å². The molecule has 2 aromatic carbocycles. The lowest BCUT2D eigenvalue weighted by Gasteiger charge is -2.09. The Hall–Kier alpha value is -3.48. The van der Waals surface area contributed by atoms with Crippen molar-refractivity contribution in [2.24, 2.45) is 0 Å². The van der Waals surface area contributed by atoms with E-state index < -0.39 is 17.7 Å². The van der Waals surface area contributed by atoms with Gasteiger partial charge >= 0.3 is 0 Å². The number of pyridine rings is 1. The van der Waals surface area contributed by atoms with Gasteiger partial charge in [0.15, 0.2) is 0 Å². The Kier molecular flexibility index (Phi) is 5.07. The third-order valence-corrected chi connectivity index (χ3v) is 3.52. The molecule has 0 aliphatic carbocycles. The lowest BCUT2D eigenvalue weighted by atomic mass is 10.2. The van der Waals surface area contributed by atoms with Gasteiger partial charge in [0.2, 0.25) is 5.95 Å². The molecule has 1 amide bonds. The van der Waals surface area contributed by atoms with Crippen LogP contribution in [0, 0.1) is 11.8 Å². The molecule has 7 heteroatoms. The van der Waals surface area contributed by atoms with Gasteiger partial charge < -0.3 is 15.8 Å². The zero-order valence-electron chi connectivity index (χ0n) is 13.6. The molecule has 26 heavy (non-hydrogen) atoms. The second-order valence-corrected chi connectivity index (χ2v) is 5.46. The number of nitrogen functional groups attached to an aromatic ring is 1. The summed E-state index contributed by atoms with van der Waals surface area (Å²) in [6.07, 6.45) is 0. The second kappa shape index (κ2) is 7.60. The number of halogens is 2. The van der Waals surface area contributed by atoms with Crippen LogP contribution in [0.15, 0.2) is 60.7 Å². The van der Waals surface area contributed by atoms with E-state index in [9.17, 15) is 13.6 Å². The number of carbonyl (C=O) groups is 1. The number of carbonyl (C=O) groups excluding carboxylic acids is 1. The quantitative estimate of drug-likeness (QED) is 0.685. The average molecular weight is 355 g/mol. The largest absolute Gasteiger partial charge is 0.457 e. The Balaban J connectivity index is 1.66. The molecule has 0 atom stereocenters. The second-order valence-electron chi connectivity index (χ2n) is 5.46. The van der Waals surface area contributed by atoms with Gasteiger partial charge in [-0.3, -0.25) is 4.79 Å². The van der Waals surface area contributed by atoms with E-state index in [0.29, 0.717) is 11.5 Å². The highest BCUT2D eigenvalue weighted by Gasteiger charge is 2.11. The van der Waals surface area contributed by atoms with Crippen LogP contribution in [-0.2, 0) is 6.54 Å². The van der Waals surface area contributed by atoms with E-state index in [0.717, 1.165) is 11.6 Å². The summed E-state index contributed by atoms with van der Waals surface area (Å²) in [5.41, 5.74) is 6.41. The summed E-state index contributed by atoms with van der Waals surface area (Å²) in [6, 6.07) is 15.1. The van der Waals surface area contributed by atoms with Crippen LogP contribution < -0.4 is 15.8 Å². The van der Waals surface area contributed by atoms with Crippen LogP contribution in [0.1, 0.15) is 15.9 Å². The Morgan fingerprint density at radius 1 is 1.04 bits per heavy atom. The van der Waals surface area contributed by atoms with Crippen molar-refractivity contribution in [3.8, 4) is 11.5 Å². The Labute approximate surface area is 148 Å². The van der Waals surface area contributed by atoms with Gasteiger partial charge in [-0.1, -0.05) is 18.2 Å². The number of aromatic nitrogens is 1. The van der Waals surface area contributed by atoms with E-state index in [1.165, 1.54) is 18.2 Å². The lowest BCUT2D eigenvalue weighted by Crippen LogP contribution is -2.24. The number of nitrogens with one attached hydrogen (secondary N) is 1. The maximum absolute atomic E-state index is 13.2. The molecular weight excluding hydrogens is 340 g/mol. The van der Waals surface area contributed by atoms with Crippen LogP contribution in [0.25, 0.3) is 0 Å². The third-order valence-electron chi connectivity index (χ3n) is 3.52. The minimum atomic E-state index is -0.749. The minimum Gasteiger partial charge on any atom is -0.457 e. The van der Waals surface area contributed by atoms with Crippen molar-refractivity contribution in [3.63, 3.8) is 0 Å². The molecule has 3 aromatic rings. The number of hydrogen-bond donors (Lipinski definition) is 2. The predicted octanol–water partition coefficient (Wildman–Crippen LogP) is 3.66. The smallest absolute Gasteiger partial charge is 0.255 e. The number of rotatable bonds is 5. The molecule has 0 aliphatic rings. The van der Waals surface area contributed by atoms with Gasteiger partial charge in [0.25, 0.3) is 5.91 Å². The first-order chi connectivity index (χ1) is 12.5. The number of anilines is 1. The van der Waals surface area contributed by atoms with Crippen molar-refractivity contribution in [2.75, 3.05) is 5.73 Å². The number of benzene rings is 2. The average Bonchev–Trinajstić information content (AvgIpc) is 2.60. The van der Waals surface area contributed by atoms with Gasteiger partial charge in [-0.25, -0.2) is 9.37 Å². The number of nitrogens with zero attached hydrogens (tertiary/aromatic N) is 1. The van der Waals surface area contributed by atoms with Crippen molar-refractivity contribution in [1.29, 1.82) is 0 Å². The first kappa shape index (κ1) is 17.3. The molecule has 0 unspecified atom stereocenters. The van der Waals surface area contributed by atoms with Gasteiger partial charge in [-0.15, -0.1) is 0 Å². The summed E-state index contributed by atoms with van der Waals surface area (Å²) >= 11 is 0. The first-order valence-electron chi connectivity index (χ1n) is 7.74. The molecule has 1 heterocycles. The highest BCUT2D eigenvalue weighted by Crippen LogP contribution is 2.23. The summed E-state index contributed by atoms with van der Waals surface area (Å²) in [6.45, 7) is 0.204. The number of nitrogens with two attached hydrogens (primary N) is 1. The predicted molar refractivity (Wildman–Crippen MR) is 92.7 cm³/mol. The topological polar surface area (TPSA) is 77.2 Å². The van der Waals surface area contributed by atoms with E-state index in [1.54, 1.807) is 36.4 Å². The van der Waals surface area contributed by atoms with Crippen molar-refractivity contribution < 1.29 is 18.3 Å². The molecule has 5 nitrogen and oxygen atoms in total. The fourth-order valence-corrected chi connectivity index (χ4v) is 2.31. The molecule has 0 spiro atoms. The molecule has 3 N–H and O–H groups in total.